The Balaban J connectivity index is 1.85. The molecule has 0 fully saturated rings. The summed E-state index contributed by atoms with van der Waals surface area (Å²) in [5.41, 5.74) is 0.449. The van der Waals surface area contributed by atoms with Crippen molar-refractivity contribution in [2.75, 3.05) is 11.9 Å². The van der Waals surface area contributed by atoms with Crippen molar-refractivity contribution in [3.8, 4) is 6.07 Å². The van der Waals surface area contributed by atoms with Crippen molar-refractivity contribution in [3.63, 3.8) is 0 Å². The van der Waals surface area contributed by atoms with Crippen LogP contribution in [0.2, 0.25) is 0 Å². The highest BCUT2D eigenvalue weighted by Gasteiger charge is 2.12. The Kier molecular flexibility index (Phi) is 5.63. The molecule has 0 aliphatic heterocycles. The van der Waals surface area contributed by atoms with Gasteiger partial charge in [-0.3, -0.25) is 9.36 Å². The third-order valence-corrected chi connectivity index (χ3v) is 5.44. The number of aromatic nitrogens is 4. The lowest BCUT2D eigenvalue weighted by Crippen LogP contribution is -2.24. The Bertz CT molecular complexity index is 975. The quantitative estimate of drug-likeness (QED) is 0.637. The maximum atomic E-state index is 12.6. The number of benzene rings is 1. The maximum absolute atomic E-state index is 12.6. The lowest BCUT2D eigenvalue weighted by molar-refractivity contribution is 0.730. The van der Waals surface area contributed by atoms with Crippen molar-refractivity contribution >= 4 is 39.1 Å². The number of hydrogen-bond acceptors (Lipinski definition) is 8. The number of anilines is 1. The van der Waals surface area contributed by atoms with E-state index in [1.165, 1.54) is 27.7 Å². The summed E-state index contributed by atoms with van der Waals surface area (Å²) in [6.07, 6.45) is 1.02. The fourth-order valence-electron chi connectivity index (χ4n) is 2.26. The largest absolute Gasteiger partial charge is 0.360 e. The summed E-state index contributed by atoms with van der Waals surface area (Å²) in [4.78, 5) is 17.2. The van der Waals surface area contributed by atoms with Gasteiger partial charge in [0.15, 0.2) is 4.34 Å². The van der Waals surface area contributed by atoms with Crippen LogP contribution in [0.4, 0.5) is 5.13 Å². The fraction of sp³-hybridized carbons (Fsp3) is 0.312. The SMILES string of the molecule is CCCNc1nnc(SCc2nc3ccccc3c(=O)n2CC#N)s1. The third-order valence-electron chi connectivity index (χ3n) is 3.43. The van der Waals surface area contributed by atoms with Gasteiger partial charge in [0.1, 0.15) is 12.4 Å². The number of hydrogen-bond donors (Lipinski definition) is 1. The van der Waals surface area contributed by atoms with Gasteiger partial charge in [0.25, 0.3) is 5.56 Å². The molecule has 9 heteroatoms. The molecule has 25 heavy (non-hydrogen) atoms. The Labute approximate surface area is 152 Å². The summed E-state index contributed by atoms with van der Waals surface area (Å²) in [6.45, 7) is 2.92. The number of para-hydroxylation sites is 1. The Morgan fingerprint density at radius 3 is 3.00 bits per heavy atom. The molecule has 0 amide bonds. The number of fused-ring (bicyclic) bond motifs is 1. The second-order valence-electron chi connectivity index (χ2n) is 5.18. The van der Waals surface area contributed by atoms with Crippen LogP contribution in [-0.2, 0) is 12.3 Å². The van der Waals surface area contributed by atoms with Gasteiger partial charge in [0.2, 0.25) is 5.13 Å². The maximum Gasteiger partial charge on any atom is 0.262 e. The molecule has 7 nitrogen and oxygen atoms in total. The second-order valence-corrected chi connectivity index (χ2v) is 7.38. The van der Waals surface area contributed by atoms with Crippen LogP contribution in [-0.4, -0.2) is 26.3 Å². The van der Waals surface area contributed by atoms with Gasteiger partial charge in [-0.1, -0.05) is 42.2 Å². The number of nitrogens with one attached hydrogen (secondary N) is 1. The Morgan fingerprint density at radius 1 is 1.36 bits per heavy atom. The van der Waals surface area contributed by atoms with Crippen molar-refractivity contribution in [3.05, 3.63) is 40.4 Å². The monoisotopic (exact) mass is 372 g/mol. The molecule has 1 N–H and O–H groups in total. The first-order chi connectivity index (χ1) is 12.2. The van der Waals surface area contributed by atoms with E-state index in [0.29, 0.717) is 22.5 Å². The van der Waals surface area contributed by atoms with Crippen molar-refractivity contribution in [1.82, 2.24) is 19.7 Å². The number of rotatable bonds is 7. The first-order valence-electron chi connectivity index (χ1n) is 7.78. The normalized spacial score (nSPS) is 10.7. The summed E-state index contributed by atoms with van der Waals surface area (Å²) in [5, 5.41) is 21.8. The van der Waals surface area contributed by atoms with Crippen LogP contribution in [0.3, 0.4) is 0 Å². The molecular weight excluding hydrogens is 356 g/mol. The minimum atomic E-state index is -0.190. The molecule has 128 valence electrons. The minimum Gasteiger partial charge on any atom is -0.360 e. The number of nitriles is 1. The summed E-state index contributed by atoms with van der Waals surface area (Å²) >= 11 is 2.93. The number of thioether (sulfide) groups is 1. The van der Waals surface area contributed by atoms with Crippen LogP contribution < -0.4 is 10.9 Å². The van der Waals surface area contributed by atoms with E-state index in [0.717, 1.165) is 22.4 Å². The van der Waals surface area contributed by atoms with Gasteiger partial charge >= 0.3 is 0 Å². The minimum absolute atomic E-state index is 0.0218. The first kappa shape index (κ1) is 17.4. The smallest absolute Gasteiger partial charge is 0.262 e. The summed E-state index contributed by atoms with van der Waals surface area (Å²) < 4.78 is 2.22. The summed E-state index contributed by atoms with van der Waals surface area (Å²) in [6, 6.07) is 9.20. The van der Waals surface area contributed by atoms with Gasteiger partial charge in [0, 0.05) is 6.54 Å². The zero-order chi connectivity index (χ0) is 17.6. The van der Waals surface area contributed by atoms with Crippen LogP contribution in [0.15, 0.2) is 33.4 Å². The molecular formula is C16H16N6OS2. The van der Waals surface area contributed by atoms with Crippen molar-refractivity contribution in [1.29, 1.82) is 5.26 Å². The van der Waals surface area contributed by atoms with Crippen LogP contribution in [0, 0.1) is 11.3 Å². The van der Waals surface area contributed by atoms with E-state index >= 15 is 0 Å². The highest BCUT2D eigenvalue weighted by atomic mass is 32.2. The molecule has 2 aromatic heterocycles. The molecule has 2 heterocycles. The predicted molar refractivity (Wildman–Crippen MR) is 99.9 cm³/mol. The van der Waals surface area contributed by atoms with Crippen LogP contribution in [0.25, 0.3) is 10.9 Å². The van der Waals surface area contributed by atoms with Crippen molar-refractivity contribution in [2.45, 2.75) is 30.0 Å². The van der Waals surface area contributed by atoms with Crippen molar-refractivity contribution < 1.29 is 0 Å². The van der Waals surface area contributed by atoms with Gasteiger partial charge in [-0.15, -0.1) is 10.2 Å². The molecule has 3 aromatic rings. The molecule has 0 aliphatic rings. The first-order valence-corrected chi connectivity index (χ1v) is 9.58. The molecule has 0 bridgehead atoms. The predicted octanol–water partition coefficient (Wildman–Crippen LogP) is 2.89. The van der Waals surface area contributed by atoms with Crippen LogP contribution in [0.1, 0.15) is 19.2 Å². The van der Waals surface area contributed by atoms with E-state index in [1.807, 2.05) is 12.1 Å². The van der Waals surface area contributed by atoms with E-state index in [9.17, 15) is 4.79 Å². The molecule has 0 saturated heterocycles. The average Bonchev–Trinajstić information content (AvgIpc) is 3.09. The lowest BCUT2D eigenvalue weighted by atomic mass is 10.2. The van der Waals surface area contributed by atoms with Gasteiger partial charge in [0.05, 0.1) is 22.7 Å². The summed E-state index contributed by atoms with van der Waals surface area (Å²) in [5.74, 6) is 1.01. The average molecular weight is 372 g/mol. The van der Waals surface area contributed by atoms with Crippen molar-refractivity contribution in [2.24, 2.45) is 0 Å². The van der Waals surface area contributed by atoms with Crippen LogP contribution >= 0.6 is 23.1 Å². The standard InChI is InChI=1S/C16H16N6OS2/c1-2-8-18-15-20-21-16(25-15)24-10-13-19-12-6-4-3-5-11(12)14(23)22(13)9-7-17/h3-6H,2,8-10H2,1H3,(H,18,20). The lowest BCUT2D eigenvalue weighted by Gasteiger charge is -2.09. The highest BCUT2D eigenvalue weighted by Crippen LogP contribution is 2.28. The van der Waals surface area contributed by atoms with E-state index in [4.69, 9.17) is 5.26 Å². The van der Waals surface area contributed by atoms with Gasteiger partial charge in [-0.05, 0) is 18.6 Å². The summed E-state index contributed by atoms with van der Waals surface area (Å²) in [7, 11) is 0. The molecule has 0 unspecified atom stereocenters. The fourth-order valence-corrected chi connectivity index (χ4v) is 3.98. The highest BCUT2D eigenvalue weighted by molar-refractivity contribution is 8.00. The van der Waals surface area contributed by atoms with E-state index in [2.05, 4.69) is 27.4 Å². The Morgan fingerprint density at radius 2 is 2.20 bits per heavy atom. The molecule has 0 radical (unpaired) electrons. The zero-order valence-electron chi connectivity index (χ0n) is 13.6. The van der Waals surface area contributed by atoms with E-state index < -0.39 is 0 Å². The van der Waals surface area contributed by atoms with Gasteiger partial charge in [-0.2, -0.15) is 5.26 Å². The molecule has 0 spiro atoms. The molecule has 0 aliphatic carbocycles. The van der Waals surface area contributed by atoms with Gasteiger partial charge in [-0.25, -0.2) is 4.98 Å². The van der Waals surface area contributed by atoms with Crippen LogP contribution in [0.5, 0.6) is 0 Å². The van der Waals surface area contributed by atoms with E-state index in [1.54, 1.807) is 18.2 Å². The number of nitrogens with zero attached hydrogens (tertiary/aromatic N) is 5. The van der Waals surface area contributed by atoms with Gasteiger partial charge < -0.3 is 5.32 Å². The Hall–Kier alpha value is -2.44. The molecule has 1 aromatic carbocycles. The molecule has 0 atom stereocenters. The third kappa shape index (κ3) is 3.97. The molecule has 0 saturated carbocycles. The topological polar surface area (TPSA) is 96.5 Å². The molecule has 3 rings (SSSR count). The second kappa shape index (κ2) is 8.09. The van der Waals surface area contributed by atoms with E-state index in [-0.39, 0.29) is 12.1 Å². The zero-order valence-corrected chi connectivity index (χ0v) is 15.2.